The number of carbonyl (C=O) groups is 1. The van der Waals surface area contributed by atoms with Crippen molar-refractivity contribution >= 4 is 16.9 Å². The first kappa shape index (κ1) is 8.59. The predicted molar refractivity (Wildman–Crippen MR) is 55.8 cm³/mol. The summed E-state index contributed by atoms with van der Waals surface area (Å²) in [6.07, 6.45) is 5.86. The zero-order chi connectivity index (χ0) is 10.4. The van der Waals surface area contributed by atoms with Crippen molar-refractivity contribution in [2.75, 3.05) is 0 Å². The Bertz CT molecular complexity index is 540. The second-order valence-electron chi connectivity index (χ2n) is 3.97. The number of hydrogen-bond donors (Lipinski definition) is 0. The second-order valence-corrected chi connectivity index (χ2v) is 3.97. The highest BCUT2D eigenvalue weighted by atomic mass is 16.1. The van der Waals surface area contributed by atoms with Crippen LogP contribution in [0.25, 0.3) is 11.2 Å². The van der Waals surface area contributed by atoms with Crippen molar-refractivity contribution in [1.29, 1.82) is 0 Å². The highest BCUT2D eigenvalue weighted by molar-refractivity contribution is 6.03. The molecule has 3 rings (SSSR count). The molecule has 1 aliphatic rings. The molecule has 0 bridgehead atoms. The van der Waals surface area contributed by atoms with E-state index in [2.05, 4.69) is 14.5 Å². The lowest BCUT2D eigenvalue weighted by Gasteiger charge is -2.00. The Kier molecular flexibility index (Phi) is 1.65. The number of imidazole rings is 1. The number of carbonyl (C=O) groups excluding carboxylic acids is 1. The van der Waals surface area contributed by atoms with E-state index in [1.165, 1.54) is 12.8 Å². The molecular formula is C11H11N3O. The van der Waals surface area contributed by atoms with Crippen LogP contribution < -0.4 is 0 Å². The molecule has 0 saturated heterocycles. The summed E-state index contributed by atoms with van der Waals surface area (Å²) in [5.41, 5.74) is 2.24. The first-order chi connectivity index (χ1) is 7.27. The molecule has 0 unspecified atom stereocenters. The van der Waals surface area contributed by atoms with Gasteiger partial charge in [0.15, 0.2) is 11.4 Å². The van der Waals surface area contributed by atoms with Crippen LogP contribution in [-0.2, 0) is 0 Å². The van der Waals surface area contributed by atoms with Crippen LogP contribution in [0.2, 0.25) is 0 Å². The van der Waals surface area contributed by atoms with E-state index in [1.54, 1.807) is 25.5 Å². The Labute approximate surface area is 87.0 Å². The van der Waals surface area contributed by atoms with Gasteiger partial charge in [-0.15, -0.1) is 0 Å². The van der Waals surface area contributed by atoms with E-state index in [-0.39, 0.29) is 5.78 Å². The fraction of sp³-hybridized carbons (Fsp3) is 0.364. The van der Waals surface area contributed by atoms with Crippen molar-refractivity contribution < 1.29 is 4.79 Å². The number of aromatic nitrogens is 3. The smallest absolute Gasteiger partial charge is 0.162 e. The number of pyridine rings is 1. The van der Waals surface area contributed by atoms with Gasteiger partial charge in [0.1, 0.15) is 5.52 Å². The summed E-state index contributed by atoms with van der Waals surface area (Å²) in [4.78, 5) is 20.0. The fourth-order valence-electron chi connectivity index (χ4n) is 1.84. The zero-order valence-electron chi connectivity index (χ0n) is 8.47. The fourth-order valence-corrected chi connectivity index (χ4v) is 1.84. The van der Waals surface area contributed by atoms with Crippen LogP contribution in [0.1, 0.15) is 36.2 Å². The van der Waals surface area contributed by atoms with Gasteiger partial charge in [-0.2, -0.15) is 0 Å². The lowest BCUT2D eigenvalue weighted by atomic mass is 10.2. The molecule has 0 atom stereocenters. The minimum Gasteiger partial charge on any atom is -0.312 e. The van der Waals surface area contributed by atoms with Gasteiger partial charge >= 0.3 is 0 Å². The molecule has 2 heterocycles. The van der Waals surface area contributed by atoms with Crippen molar-refractivity contribution in [3.63, 3.8) is 0 Å². The molecule has 0 N–H and O–H groups in total. The highest BCUT2D eigenvalue weighted by Crippen LogP contribution is 2.36. The summed E-state index contributed by atoms with van der Waals surface area (Å²) < 4.78 is 2.07. The van der Waals surface area contributed by atoms with Crippen LogP contribution in [0.4, 0.5) is 0 Å². The minimum atomic E-state index is 0.0449. The maximum atomic E-state index is 11.4. The van der Waals surface area contributed by atoms with Gasteiger partial charge in [0, 0.05) is 17.8 Å². The minimum absolute atomic E-state index is 0.0449. The normalized spacial score (nSPS) is 15.8. The van der Waals surface area contributed by atoms with Crippen LogP contribution in [0.3, 0.4) is 0 Å². The largest absolute Gasteiger partial charge is 0.312 e. The van der Waals surface area contributed by atoms with Crippen molar-refractivity contribution in [2.45, 2.75) is 25.8 Å². The molecule has 1 saturated carbocycles. The van der Waals surface area contributed by atoms with E-state index in [1.807, 2.05) is 0 Å². The lowest BCUT2D eigenvalue weighted by molar-refractivity contribution is 0.101. The van der Waals surface area contributed by atoms with Crippen molar-refractivity contribution in [3.8, 4) is 0 Å². The third-order valence-corrected chi connectivity index (χ3v) is 2.78. The van der Waals surface area contributed by atoms with Crippen LogP contribution in [0, 0.1) is 0 Å². The average molecular weight is 201 g/mol. The van der Waals surface area contributed by atoms with Gasteiger partial charge in [-0.3, -0.25) is 4.79 Å². The molecule has 0 aromatic carbocycles. The Morgan fingerprint density at radius 2 is 2.27 bits per heavy atom. The molecular weight excluding hydrogens is 190 g/mol. The number of Topliss-reactive ketones (excluding diaryl/α,β-unsaturated/α-hetero) is 1. The molecule has 0 radical (unpaired) electrons. The molecule has 1 aliphatic carbocycles. The Morgan fingerprint density at radius 1 is 1.47 bits per heavy atom. The standard InChI is InChI=1S/C11H11N3O/c1-7(15)9-4-5-12-11-10(9)13-6-14(11)8-2-3-8/h4-6,8H,2-3H2,1H3. The molecule has 0 amide bonds. The quantitative estimate of drug-likeness (QED) is 0.698. The molecule has 2 aromatic rings. The number of ketones is 1. The van der Waals surface area contributed by atoms with Crippen LogP contribution in [-0.4, -0.2) is 20.3 Å². The Hall–Kier alpha value is -1.71. The third kappa shape index (κ3) is 1.25. The summed E-state index contributed by atoms with van der Waals surface area (Å²) in [7, 11) is 0. The Balaban J connectivity index is 2.27. The summed E-state index contributed by atoms with van der Waals surface area (Å²) in [5, 5.41) is 0. The second kappa shape index (κ2) is 2.89. The van der Waals surface area contributed by atoms with Crippen LogP contribution in [0.15, 0.2) is 18.6 Å². The molecule has 2 aromatic heterocycles. The lowest BCUT2D eigenvalue weighted by Crippen LogP contribution is -1.97. The molecule has 0 aliphatic heterocycles. The Morgan fingerprint density at radius 3 is 2.93 bits per heavy atom. The monoisotopic (exact) mass is 201 g/mol. The van der Waals surface area contributed by atoms with Crippen molar-refractivity contribution in [1.82, 2.24) is 14.5 Å². The summed E-state index contributed by atoms with van der Waals surface area (Å²) in [6, 6.07) is 2.28. The number of rotatable bonds is 2. The van der Waals surface area contributed by atoms with Gasteiger partial charge in [0.2, 0.25) is 0 Å². The predicted octanol–water partition coefficient (Wildman–Crippen LogP) is 1.97. The molecule has 76 valence electrons. The maximum Gasteiger partial charge on any atom is 0.162 e. The van der Waals surface area contributed by atoms with Crippen LogP contribution in [0.5, 0.6) is 0 Å². The summed E-state index contributed by atoms with van der Waals surface area (Å²) >= 11 is 0. The topological polar surface area (TPSA) is 47.8 Å². The maximum absolute atomic E-state index is 11.4. The first-order valence-corrected chi connectivity index (χ1v) is 5.10. The van der Waals surface area contributed by atoms with E-state index in [0.717, 1.165) is 11.2 Å². The van der Waals surface area contributed by atoms with Crippen LogP contribution >= 0.6 is 0 Å². The van der Waals surface area contributed by atoms with E-state index >= 15 is 0 Å². The summed E-state index contributed by atoms with van der Waals surface area (Å²) in [5.74, 6) is 0.0449. The molecule has 15 heavy (non-hydrogen) atoms. The molecule has 4 nitrogen and oxygen atoms in total. The van der Waals surface area contributed by atoms with E-state index in [4.69, 9.17) is 0 Å². The van der Waals surface area contributed by atoms with Gasteiger partial charge in [-0.1, -0.05) is 0 Å². The van der Waals surface area contributed by atoms with E-state index in [0.29, 0.717) is 11.6 Å². The number of nitrogens with zero attached hydrogens (tertiary/aromatic N) is 3. The average Bonchev–Trinajstić information content (AvgIpc) is 2.97. The van der Waals surface area contributed by atoms with E-state index in [9.17, 15) is 4.79 Å². The van der Waals surface area contributed by atoms with Gasteiger partial charge in [-0.05, 0) is 25.8 Å². The van der Waals surface area contributed by atoms with Gasteiger partial charge in [-0.25, -0.2) is 9.97 Å². The third-order valence-electron chi connectivity index (χ3n) is 2.78. The zero-order valence-corrected chi connectivity index (χ0v) is 8.47. The number of hydrogen-bond acceptors (Lipinski definition) is 3. The number of fused-ring (bicyclic) bond motifs is 1. The van der Waals surface area contributed by atoms with Gasteiger partial charge < -0.3 is 4.57 Å². The van der Waals surface area contributed by atoms with Gasteiger partial charge in [0.05, 0.1) is 6.33 Å². The SMILES string of the molecule is CC(=O)c1ccnc2c1ncn2C1CC1. The summed E-state index contributed by atoms with van der Waals surface area (Å²) in [6.45, 7) is 1.56. The highest BCUT2D eigenvalue weighted by Gasteiger charge is 2.26. The van der Waals surface area contributed by atoms with Gasteiger partial charge in [0.25, 0.3) is 0 Å². The molecule has 1 fully saturated rings. The van der Waals surface area contributed by atoms with Crippen molar-refractivity contribution in [2.24, 2.45) is 0 Å². The first-order valence-electron chi connectivity index (χ1n) is 5.10. The van der Waals surface area contributed by atoms with Crippen molar-refractivity contribution in [3.05, 3.63) is 24.2 Å². The molecule has 0 spiro atoms. The van der Waals surface area contributed by atoms with E-state index < -0.39 is 0 Å². The molecule has 4 heteroatoms.